The van der Waals surface area contributed by atoms with Gasteiger partial charge < -0.3 is 4.52 Å². The predicted molar refractivity (Wildman–Crippen MR) is 86.0 cm³/mol. The van der Waals surface area contributed by atoms with Crippen molar-refractivity contribution in [3.63, 3.8) is 0 Å². The van der Waals surface area contributed by atoms with Crippen molar-refractivity contribution in [1.29, 1.82) is 0 Å². The fraction of sp³-hybridized carbons (Fsp3) is 0.867. The minimum Gasteiger partial charge on any atom is -0.338 e. The molecule has 0 radical (unpaired) electrons. The van der Waals surface area contributed by atoms with Gasteiger partial charge in [-0.3, -0.25) is 0 Å². The number of aromatic nitrogens is 2. The van der Waals surface area contributed by atoms with Crippen molar-refractivity contribution in [1.82, 2.24) is 18.8 Å². The summed E-state index contributed by atoms with van der Waals surface area (Å²) in [4.78, 5) is 4.42. The van der Waals surface area contributed by atoms with Crippen molar-refractivity contribution in [2.45, 2.75) is 64.3 Å². The first-order valence-electron chi connectivity index (χ1n) is 8.60. The highest BCUT2D eigenvalue weighted by Crippen LogP contribution is 2.35. The van der Waals surface area contributed by atoms with Crippen LogP contribution in [-0.4, -0.2) is 46.8 Å². The van der Waals surface area contributed by atoms with Gasteiger partial charge in [0.1, 0.15) is 6.04 Å². The Kier molecular flexibility index (Phi) is 5.03. The van der Waals surface area contributed by atoms with Crippen molar-refractivity contribution in [2.24, 2.45) is 0 Å². The summed E-state index contributed by atoms with van der Waals surface area (Å²) in [5.41, 5.74) is 0. The van der Waals surface area contributed by atoms with Gasteiger partial charge in [0.05, 0.1) is 0 Å². The lowest BCUT2D eigenvalue weighted by molar-refractivity contribution is 0.271. The van der Waals surface area contributed by atoms with Crippen LogP contribution in [0.15, 0.2) is 4.52 Å². The van der Waals surface area contributed by atoms with Gasteiger partial charge >= 0.3 is 0 Å². The average molecular weight is 342 g/mol. The maximum Gasteiger partial charge on any atom is 0.282 e. The molecule has 0 spiro atoms. The molecule has 1 aromatic rings. The fourth-order valence-electron chi connectivity index (χ4n) is 3.30. The summed E-state index contributed by atoms with van der Waals surface area (Å²) in [5.74, 6) is 1.24. The Bertz CT molecular complexity index is 620. The molecule has 8 heteroatoms. The molecule has 2 aliphatic rings. The van der Waals surface area contributed by atoms with Crippen LogP contribution in [0, 0.1) is 0 Å². The summed E-state index contributed by atoms with van der Waals surface area (Å²) < 4.78 is 34.6. The second-order valence-electron chi connectivity index (χ2n) is 6.74. The van der Waals surface area contributed by atoms with E-state index < -0.39 is 10.2 Å². The van der Waals surface area contributed by atoms with Crippen molar-refractivity contribution in [3.05, 3.63) is 11.7 Å². The quantitative estimate of drug-likeness (QED) is 0.840. The van der Waals surface area contributed by atoms with Crippen molar-refractivity contribution in [2.75, 3.05) is 19.6 Å². The maximum absolute atomic E-state index is 13.0. The Balaban J connectivity index is 1.82. The lowest BCUT2D eigenvalue weighted by Crippen LogP contribution is -2.44. The third kappa shape index (κ3) is 3.44. The summed E-state index contributed by atoms with van der Waals surface area (Å²) in [5, 5.41) is 3.98. The first-order valence-corrected chi connectivity index (χ1v) is 10.0. The van der Waals surface area contributed by atoms with Gasteiger partial charge in [-0.1, -0.05) is 31.8 Å². The Hall–Kier alpha value is -0.990. The van der Waals surface area contributed by atoms with Gasteiger partial charge in [-0.05, 0) is 25.7 Å². The molecule has 2 aliphatic heterocycles. The molecule has 0 N–H and O–H groups in total. The third-order valence-electron chi connectivity index (χ3n) is 4.65. The van der Waals surface area contributed by atoms with E-state index in [9.17, 15) is 8.42 Å². The molecule has 0 unspecified atom stereocenters. The molecule has 7 nitrogen and oxygen atoms in total. The first-order chi connectivity index (χ1) is 11.0. The smallest absolute Gasteiger partial charge is 0.282 e. The van der Waals surface area contributed by atoms with E-state index in [-0.39, 0.29) is 12.0 Å². The lowest BCUT2D eigenvalue weighted by Gasteiger charge is -2.28. The monoisotopic (exact) mass is 342 g/mol. The number of rotatable bonds is 4. The molecule has 1 atom stereocenters. The first kappa shape index (κ1) is 16.9. The molecule has 0 aromatic carbocycles. The van der Waals surface area contributed by atoms with Crippen LogP contribution in [0.4, 0.5) is 0 Å². The maximum atomic E-state index is 13.0. The van der Waals surface area contributed by atoms with Crippen LogP contribution >= 0.6 is 0 Å². The molecule has 2 saturated heterocycles. The van der Waals surface area contributed by atoms with Gasteiger partial charge in [0.25, 0.3) is 10.2 Å². The lowest BCUT2D eigenvalue weighted by atomic mass is 10.2. The molecule has 0 saturated carbocycles. The fourth-order valence-corrected chi connectivity index (χ4v) is 5.19. The second kappa shape index (κ2) is 6.86. The topological polar surface area (TPSA) is 79.5 Å². The van der Waals surface area contributed by atoms with Gasteiger partial charge in [0, 0.05) is 25.6 Å². The van der Waals surface area contributed by atoms with Crippen LogP contribution in [0.5, 0.6) is 0 Å². The van der Waals surface area contributed by atoms with Gasteiger partial charge in [0.15, 0.2) is 5.82 Å². The molecule has 130 valence electrons. The summed E-state index contributed by atoms with van der Waals surface area (Å²) in [7, 11) is -3.45. The number of hydrogen-bond acceptors (Lipinski definition) is 5. The van der Waals surface area contributed by atoms with E-state index >= 15 is 0 Å². The van der Waals surface area contributed by atoms with Gasteiger partial charge in [0.2, 0.25) is 5.89 Å². The van der Waals surface area contributed by atoms with E-state index in [1.807, 2.05) is 13.8 Å². The Labute approximate surface area is 138 Å². The van der Waals surface area contributed by atoms with Crippen LogP contribution in [0.3, 0.4) is 0 Å². The van der Waals surface area contributed by atoms with Crippen LogP contribution in [0.25, 0.3) is 0 Å². The van der Waals surface area contributed by atoms with Crippen molar-refractivity contribution < 1.29 is 12.9 Å². The Morgan fingerprint density at radius 1 is 1.09 bits per heavy atom. The standard InChI is InChI=1S/C15H26N4O3S/c1-12(2)14-16-15(22-17-14)13-8-7-11-19(13)23(20,21)18-9-5-3-4-6-10-18/h12-13H,3-11H2,1-2H3/t13-/m0/s1. The molecule has 0 aliphatic carbocycles. The zero-order chi connectivity index (χ0) is 16.4. The van der Waals surface area contributed by atoms with E-state index in [2.05, 4.69) is 10.1 Å². The summed E-state index contributed by atoms with van der Waals surface area (Å²) in [6, 6.07) is -0.316. The molecular formula is C15H26N4O3S. The number of nitrogens with zero attached hydrogens (tertiary/aromatic N) is 4. The Morgan fingerprint density at radius 2 is 1.78 bits per heavy atom. The third-order valence-corrected chi connectivity index (χ3v) is 6.70. The number of hydrogen-bond donors (Lipinski definition) is 0. The van der Waals surface area contributed by atoms with Gasteiger partial charge in [-0.2, -0.15) is 22.0 Å². The second-order valence-corrected chi connectivity index (χ2v) is 8.62. The summed E-state index contributed by atoms with van der Waals surface area (Å²) in [6.45, 7) is 5.76. The van der Waals surface area contributed by atoms with Crippen LogP contribution in [0.2, 0.25) is 0 Å². The SMILES string of the molecule is CC(C)c1noc([C@@H]2CCCN2S(=O)(=O)N2CCCCCC2)n1. The van der Waals surface area contributed by atoms with E-state index in [0.717, 1.165) is 38.5 Å². The molecule has 2 fully saturated rings. The zero-order valence-corrected chi connectivity index (χ0v) is 14.8. The highest BCUT2D eigenvalue weighted by atomic mass is 32.2. The molecule has 1 aromatic heterocycles. The highest BCUT2D eigenvalue weighted by molar-refractivity contribution is 7.86. The van der Waals surface area contributed by atoms with E-state index in [0.29, 0.717) is 31.3 Å². The zero-order valence-electron chi connectivity index (χ0n) is 13.9. The molecule has 0 bridgehead atoms. The van der Waals surface area contributed by atoms with E-state index in [4.69, 9.17) is 4.52 Å². The normalized spacial score (nSPS) is 25.1. The van der Waals surface area contributed by atoms with E-state index in [1.165, 1.54) is 0 Å². The largest absolute Gasteiger partial charge is 0.338 e. The molecule has 3 heterocycles. The van der Waals surface area contributed by atoms with E-state index in [1.54, 1.807) is 8.61 Å². The minimum atomic E-state index is -3.45. The summed E-state index contributed by atoms with van der Waals surface area (Å²) >= 11 is 0. The van der Waals surface area contributed by atoms with Gasteiger partial charge in [-0.15, -0.1) is 0 Å². The highest BCUT2D eigenvalue weighted by Gasteiger charge is 2.41. The van der Waals surface area contributed by atoms with Crippen molar-refractivity contribution in [3.8, 4) is 0 Å². The Morgan fingerprint density at radius 3 is 2.39 bits per heavy atom. The molecule has 3 rings (SSSR count). The van der Waals surface area contributed by atoms with Crippen LogP contribution in [0.1, 0.15) is 76.0 Å². The predicted octanol–water partition coefficient (Wildman–Crippen LogP) is 2.45. The van der Waals surface area contributed by atoms with Crippen LogP contribution in [-0.2, 0) is 10.2 Å². The van der Waals surface area contributed by atoms with Gasteiger partial charge in [-0.25, -0.2) is 0 Å². The van der Waals surface area contributed by atoms with Crippen LogP contribution < -0.4 is 0 Å². The summed E-state index contributed by atoms with van der Waals surface area (Å²) in [6.07, 6.45) is 5.67. The minimum absolute atomic E-state index is 0.171. The molecular weight excluding hydrogens is 316 g/mol. The molecule has 0 amide bonds. The van der Waals surface area contributed by atoms with Crippen molar-refractivity contribution >= 4 is 10.2 Å². The average Bonchev–Trinajstić information content (AvgIpc) is 3.10. The molecule has 23 heavy (non-hydrogen) atoms.